The van der Waals surface area contributed by atoms with Crippen LogP contribution in [0.15, 0.2) is 11.0 Å². The first-order chi connectivity index (χ1) is 6.25. The highest BCUT2D eigenvalue weighted by atomic mass is 35.7. The second-order valence-corrected chi connectivity index (χ2v) is 5.83. The molecule has 14 heavy (non-hydrogen) atoms. The van der Waals surface area contributed by atoms with Gasteiger partial charge in [0.25, 0.3) is 9.05 Å². The molecule has 0 aliphatic carbocycles. The number of aryl methyl sites for hydroxylation is 1. The number of rotatable bonds is 1. The monoisotopic (exact) mass is 254 g/mol. The summed E-state index contributed by atoms with van der Waals surface area (Å²) in [6.45, 7) is 3.03. The van der Waals surface area contributed by atoms with Gasteiger partial charge in [-0.2, -0.15) is 0 Å². The van der Waals surface area contributed by atoms with Crippen LogP contribution in [0.2, 0.25) is 5.02 Å². The van der Waals surface area contributed by atoms with E-state index in [4.69, 9.17) is 22.3 Å². The van der Waals surface area contributed by atoms with Gasteiger partial charge in [0, 0.05) is 10.7 Å². The lowest BCUT2D eigenvalue weighted by atomic mass is 10.1. The number of phenols is 1. The van der Waals surface area contributed by atoms with Crippen molar-refractivity contribution in [1.82, 2.24) is 0 Å². The summed E-state index contributed by atoms with van der Waals surface area (Å²) in [7, 11) is 1.37. The van der Waals surface area contributed by atoms with E-state index in [9.17, 15) is 13.5 Å². The number of hydrogen-bond donors (Lipinski definition) is 1. The van der Waals surface area contributed by atoms with E-state index in [1.165, 1.54) is 13.0 Å². The Bertz CT molecular complexity index is 480. The van der Waals surface area contributed by atoms with Gasteiger partial charge in [0.1, 0.15) is 5.75 Å². The lowest BCUT2D eigenvalue weighted by Gasteiger charge is -2.08. The number of benzene rings is 1. The molecule has 0 radical (unpaired) electrons. The molecule has 0 heterocycles. The minimum absolute atomic E-state index is 0.0178. The summed E-state index contributed by atoms with van der Waals surface area (Å²) < 4.78 is 22.2. The Labute approximate surface area is 91.7 Å². The van der Waals surface area contributed by atoms with E-state index in [1.807, 2.05) is 0 Å². The van der Waals surface area contributed by atoms with Gasteiger partial charge in [-0.3, -0.25) is 0 Å². The predicted octanol–water partition coefficient (Wildman–Crippen LogP) is 2.59. The standard InChI is InChI=1S/C8H8Cl2O3S/c1-4-3-6(14(10,12)13)5(2)7(9)8(4)11/h3,11H,1-2H3. The number of phenolic OH excluding ortho intramolecular Hbond substituents is 1. The third kappa shape index (κ3) is 1.97. The lowest BCUT2D eigenvalue weighted by Crippen LogP contribution is -1.96. The van der Waals surface area contributed by atoms with Crippen molar-refractivity contribution < 1.29 is 13.5 Å². The van der Waals surface area contributed by atoms with Crippen LogP contribution in [0.5, 0.6) is 5.75 Å². The highest BCUT2D eigenvalue weighted by Crippen LogP contribution is 2.35. The molecule has 0 fully saturated rings. The van der Waals surface area contributed by atoms with Crippen molar-refractivity contribution in [3.05, 3.63) is 22.2 Å². The fourth-order valence-electron chi connectivity index (χ4n) is 1.09. The summed E-state index contributed by atoms with van der Waals surface area (Å²) in [4.78, 5) is -0.0699. The fourth-order valence-corrected chi connectivity index (χ4v) is 2.66. The van der Waals surface area contributed by atoms with Crippen LogP contribution in [0, 0.1) is 13.8 Å². The topological polar surface area (TPSA) is 54.4 Å². The van der Waals surface area contributed by atoms with Crippen LogP contribution in [-0.2, 0) is 9.05 Å². The second-order valence-electron chi connectivity index (χ2n) is 2.92. The molecule has 78 valence electrons. The molecule has 1 aromatic rings. The molecule has 0 saturated heterocycles. The Balaban J connectivity index is 3.66. The molecule has 0 amide bonds. The SMILES string of the molecule is Cc1cc(S(=O)(=O)Cl)c(C)c(Cl)c1O. The summed E-state index contributed by atoms with van der Waals surface area (Å²) in [5, 5.41) is 9.43. The van der Waals surface area contributed by atoms with Gasteiger partial charge in [-0.05, 0) is 31.0 Å². The number of aromatic hydroxyl groups is 1. The first kappa shape index (κ1) is 11.6. The average Bonchev–Trinajstić information content (AvgIpc) is 2.06. The molecule has 1 aromatic carbocycles. The molecule has 6 heteroatoms. The highest BCUT2D eigenvalue weighted by Gasteiger charge is 2.19. The van der Waals surface area contributed by atoms with Crippen molar-refractivity contribution in [2.24, 2.45) is 0 Å². The fraction of sp³-hybridized carbons (Fsp3) is 0.250. The van der Waals surface area contributed by atoms with E-state index in [0.717, 1.165) is 0 Å². The van der Waals surface area contributed by atoms with E-state index >= 15 is 0 Å². The zero-order valence-electron chi connectivity index (χ0n) is 7.51. The Kier molecular flexibility index (Phi) is 2.99. The molecule has 3 nitrogen and oxygen atoms in total. The van der Waals surface area contributed by atoms with E-state index in [1.54, 1.807) is 6.92 Å². The number of hydrogen-bond acceptors (Lipinski definition) is 3. The molecular weight excluding hydrogens is 247 g/mol. The molecular formula is C8H8Cl2O3S. The van der Waals surface area contributed by atoms with Crippen molar-refractivity contribution in [3.63, 3.8) is 0 Å². The van der Waals surface area contributed by atoms with Gasteiger partial charge in [0.05, 0.1) is 9.92 Å². The summed E-state index contributed by atoms with van der Waals surface area (Å²) in [6.07, 6.45) is 0. The molecule has 0 aromatic heterocycles. The average molecular weight is 255 g/mol. The minimum Gasteiger partial charge on any atom is -0.506 e. The van der Waals surface area contributed by atoms with E-state index in [0.29, 0.717) is 5.56 Å². The van der Waals surface area contributed by atoms with Crippen molar-refractivity contribution in [2.75, 3.05) is 0 Å². The van der Waals surface area contributed by atoms with Crippen molar-refractivity contribution >= 4 is 31.3 Å². The van der Waals surface area contributed by atoms with Crippen LogP contribution < -0.4 is 0 Å². The maximum atomic E-state index is 11.1. The van der Waals surface area contributed by atoms with Gasteiger partial charge in [-0.25, -0.2) is 8.42 Å². The van der Waals surface area contributed by atoms with Crippen LogP contribution in [0.4, 0.5) is 0 Å². The molecule has 0 aliphatic heterocycles. The summed E-state index contributed by atoms with van der Waals surface area (Å²) in [5.74, 6) is -0.117. The molecule has 0 spiro atoms. The molecule has 0 unspecified atom stereocenters. The van der Waals surface area contributed by atoms with Crippen LogP contribution >= 0.6 is 22.3 Å². The summed E-state index contributed by atoms with van der Waals surface area (Å²) in [6, 6.07) is 1.29. The second kappa shape index (κ2) is 3.61. The molecule has 1 N–H and O–H groups in total. The molecule has 0 atom stereocenters. The van der Waals surface area contributed by atoms with Crippen molar-refractivity contribution in [1.29, 1.82) is 0 Å². The van der Waals surface area contributed by atoms with Crippen LogP contribution in [0.3, 0.4) is 0 Å². The van der Waals surface area contributed by atoms with Crippen LogP contribution in [-0.4, -0.2) is 13.5 Å². The van der Waals surface area contributed by atoms with E-state index in [2.05, 4.69) is 0 Å². The van der Waals surface area contributed by atoms with Gasteiger partial charge in [0.15, 0.2) is 0 Å². The van der Waals surface area contributed by atoms with Crippen molar-refractivity contribution in [3.8, 4) is 5.75 Å². The largest absolute Gasteiger partial charge is 0.506 e. The van der Waals surface area contributed by atoms with Gasteiger partial charge in [0.2, 0.25) is 0 Å². The van der Waals surface area contributed by atoms with Crippen molar-refractivity contribution in [2.45, 2.75) is 18.7 Å². The lowest BCUT2D eigenvalue weighted by molar-refractivity contribution is 0.470. The molecule has 0 aliphatic rings. The Hall–Kier alpha value is -0.450. The quantitative estimate of drug-likeness (QED) is 0.784. The Morgan fingerprint density at radius 2 is 1.86 bits per heavy atom. The summed E-state index contributed by atoms with van der Waals surface area (Å²) >= 11 is 5.72. The maximum Gasteiger partial charge on any atom is 0.261 e. The predicted molar refractivity (Wildman–Crippen MR) is 55.6 cm³/mol. The Morgan fingerprint density at radius 3 is 2.29 bits per heavy atom. The van der Waals surface area contributed by atoms with Crippen LogP contribution in [0.1, 0.15) is 11.1 Å². The van der Waals surface area contributed by atoms with Gasteiger partial charge in [-0.15, -0.1) is 0 Å². The highest BCUT2D eigenvalue weighted by molar-refractivity contribution is 8.13. The smallest absolute Gasteiger partial charge is 0.261 e. The Morgan fingerprint density at radius 1 is 1.36 bits per heavy atom. The van der Waals surface area contributed by atoms with E-state index < -0.39 is 9.05 Å². The van der Waals surface area contributed by atoms with Gasteiger partial charge in [-0.1, -0.05) is 11.6 Å². The number of halogens is 2. The molecule has 0 bridgehead atoms. The maximum absolute atomic E-state index is 11.1. The van der Waals surface area contributed by atoms with Crippen LogP contribution in [0.25, 0.3) is 0 Å². The van der Waals surface area contributed by atoms with Gasteiger partial charge < -0.3 is 5.11 Å². The third-order valence-electron chi connectivity index (χ3n) is 1.89. The van der Waals surface area contributed by atoms with E-state index in [-0.39, 0.29) is 21.2 Å². The molecule has 1 rings (SSSR count). The zero-order valence-corrected chi connectivity index (χ0v) is 9.83. The van der Waals surface area contributed by atoms with Gasteiger partial charge >= 0.3 is 0 Å². The zero-order chi connectivity index (χ0) is 11.1. The first-order valence-electron chi connectivity index (χ1n) is 3.68. The summed E-state index contributed by atoms with van der Waals surface area (Å²) in [5.41, 5.74) is 0.629. The molecule has 0 saturated carbocycles. The third-order valence-corrected chi connectivity index (χ3v) is 3.80. The minimum atomic E-state index is -3.82. The first-order valence-corrected chi connectivity index (χ1v) is 6.37. The normalized spacial score (nSPS) is 11.7.